The summed E-state index contributed by atoms with van der Waals surface area (Å²) in [7, 11) is 0. The summed E-state index contributed by atoms with van der Waals surface area (Å²) < 4.78 is 18.6. The van der Waals surface area contributed by atoms with Crippen LogP contribution in [0.15, 0.2) is 74.9 Å². The lowest BCUT2D eigenvalue weighted by Crippen LogP contribution is -2.18. The van der Waals surface area contributed by atoms with E-state index in [-0.39, 0.29) is 11.7 Å². The van der Waals surface area contributed by atoms with Crippen molar-refractivity contribution in [2.24, 2.45) is 5.10 Å². The summed E-state index contributed by atoms with van der Waals surface area (Å²) in [5, 5.41) is 6.80. The van der Waals surface area contributed by atoms with Crippen molar-refractivity contribution in [2.45, 2.75) is 6.92 Å². The van der Waals surface area contributed by atoms with Gasteiger partial charge in [-0.3, -0.25) is 9.59 Å². The van der Waals surface area contributed by atoms with Gasteiger partial charge >= 0.3 is 5.91 Å². The van der Waals surface area contributed by atoms with E-state index in [4.69, 9.17) is 4.42 Å². The number of hydrogen-bond donors (Lipinski definition) is 2. The number of furan rings is 1. The maximum Gasteiger partial charge on any atom is 0.307 e. The molecule has 0 aliphatic heterocycles. The molecule has 0 bridgehead atoms. The zero-order valence-corrected chi connectivity index (χ0v) is 16.3. The Balaban J connectivity index is 1.68. The third kappa shape index (κ3) is 4.92. The highest BCUT2D eigenvalue weighted by Crippen LogP contribution is 2.15. The van der Waals surface area contributed by atoms with E-state index in [0.29, 0.717) is 27.2 Å². The largest absolute Gasteiger partial charge is 0.444 e. The molecule has 0 unspecified atom stereocenters. The van der Waals surface area contributed by atoms with Gasteiger partial charge in [0, 0.05) is 11.3 Å². The molecule has 0 aliphatic rings. The quantitative estimate of drug-likeness (QED) is 0.446. The van der Waals surface area contributed by atoms with E-state index >= 15 is 0 Å². The fourth-order valence-corrected chi connectivity index (χ4v) is 2.62. The summed E-state index contributed by atoms with van der Waals surface area (Å²) in [6, 6.07) is 15.4. The zero-order valence-electron chi connectivity index (χ0n) is 14.7. The lowest BCUT2D eigenvalue weighted by atomic mass is 10.1. The fraction of sp³-hybridized carbons (Fsp3) is 0.0500. The molecule has 0 spiro atoms. The molecule has 28 heavy (non-hydrogen) atoms. The number of nitrogens with one attached hydrogen (secondary N) is 2. The van der Waals surface area contributed by atoms with Gasteiger partial charge in [-0.1, -0.05) is 12.1 Å². The molecule has 142 valence electrons. The molecule has 0 atom stereocenters. The molecule has 6 nitrogen and oxygen atoms in total. The van der Waals surface area contributed by atoms with Crippen LogP contribution in [0, 0.1) is 5.82 Å². The van der Waals surface area contributed by atoms with Crippen LogP contribution in [0.25, 0.3) is 0 Å². The molecule has 0 aliphatic carbocycles. The Hall–Kier alpha value is -3.26. The number of hydrogen-bond acceptors (Lipinski definition) is 4. The van der Waals surface area contributed by atoms with E-state index in [0.717, 1.165) is 0 Å². The van der Waals surface area contributed by atoms with Crippen molar-refractivity contribution >= 4 is 39.1 Å². The molecular weight excluding hydrogens is 429 g/mol. The average molecular weight is 444 g/mol. The van der Waals surface area contributed by atoms with Crippen LogP contribution in [0.5, 0.6) is 0 Å². The van der Waals surface area contributed by atoms with E-state index in [1.54, 1.807) is 37.3 Å². The number of halogens is 2. The highest BCUT2D eigenvalue weighted by molar-refractivity contribution is 9.10. The van der Waals surface area contributed by atoms with Gasteiger partial charge in [0.05, 0.1) is 5.71 Å². The third-order valence-corrected chi connectivity index (χ3v) is 4.19. The van der Waals surface area contributed by atoms with Crippen molar-refractivity contribution in [1.82, 2.24) is 5.43 Å². The number of carbonyl (C=O) groups excluding carboxylic acids is 2. The number of anilines is 1. The number of benzene rings is 2. The highest BCUT2D eigenvalue weighted by Gasteiger charge is 2.10. The molecule has 3 rings (SSSR count). The lowest BCUT2D eigenvalue weighted by molar-refractivity contribution is 0.0925. The second kappa shape index (κ2) is 8.62. The maximum absolute atomic E-state index is 13.0. The number of rotatable bonds is 5. The van der Waals surface area contributed by atoms with Crippen molar-refractivity contribution in [1.29, 1.82) is 0 Å². The molecule has 0 saturated heterocycles. The first-order chi connectivity index (χ1) is 13.4. The second-order valence-corrected chi connectivity index (χ2v) is 6.57. The second-order valence-electron chi connectivity index (χ2n) is 5.78. The van der Waals surface area contributed by atoms with Gasteiger partial charge in [-0.25, -0.2) is 9.82 Å². The predicted molar refractivity (Wildman–Crippen MR) is 107 cm³/mol. The first kappa shape index (κ1) is 19.5. The Labute approximate surface area is 168 Å². The zero-order chi connectivity index (χ0) is 20.1. The van der Waals surface area contributed by atoms with Crippen molar-refractivity contribution < 1.29 is 18.4 Å². The average Bonchev–Trinajstić information content (AvgIpc) is 3.13. The minimum absolute atomic E-state index is 0.128. The van der Waals surface area contributed by atoms with E-state index in [9.17, 15) is 14.0 Å². The molecule has 2 amide bonds. The van der Waals surface area contributed by atoms with E-state index in [1.165, 1.54) is 30.3 Å². The molecule has 3 aromatic rings. The maximum atomic E-state index is 13.0. The summed E-state index contributed by atoms with van der Waals surface area (Å²) in [4.78, 5) is 24.2. The molecular formula is C20H15BrFN3O3. The van der Waals surface area contributed by atoms with Crippen LogP contribution < -0.4 is 10.7 Å². The monoisotopic (exact) mass is 443 g/mol. The van der Waals surface area contributed by atoms with Gasteiger partial charge in [0.15, 0.2) is 10.4 Å². The fourth-order valence-electron chi connectivity index (χ4n) is 2.32. The van der Waals surface area contributed by atoms with Crippen LogP contribution in [0.2, 0.25) is 0 Å². The molecule has 2 aromatic carbocycles. The smallest absolute Gasteiger partial charge is 0.307 e. The van der Waals surface area contributed by atoms with E-state index in [2.05, 4.69) is 31.8 Å². The van der Waals surface area contributed by atoms with Crippen molar-refractivity contribution in [2.75, 3.05) is 5.32 Å². The van der Waals surface area contributed by atoms with Gasteiger partial charge in [0.1, 0.15) is 5.82 Å². The van der Waals surface area contributed by atoms with Gasteiger partial charge in [0.2, 0.25) is 0 Å². The summed E-state index contributed by atoms with van der Waals surface area (Å²) in [6.45, 7) is 1.72. The Morgan fingerprint density at radius 2 is 1.75 bits per heavy atom. The Bertz CT molecular complexity index is 1040. The molecule has 0 radical (unpaired) electrons. The lowest BCUT2D eigenvalue weighted by Gasteiger charge is -2.08. The van der Waals surface area contributed by atoms with Crippen LogP contribution in [-0.4, -0.2) is 17.5 Å². The van der Waals surface area contributed by atoms with Crippen LogP contribution in [0.1, 0.15) is 33.4 Å². The highest BCUT2D eigenvalue weighted by atomic mass is 79.9. The summed E-state index contributed by atoms with van der Waals surface area (Å²) in [5.74, 6) is -1.12. The van der Waals surface area contributed by atoms with Crippen LogP contribution in [-0.2, 0) is 0 Å². The minimum Gasteiger partial charge on any atom is -0.444 e. The topological polar surface area (TPSA) is 83.7 Å². The summed E-state index contributed by atoms with van der Waals surface area (Å²) >= 11 is 3.13. The van der Waals surface area contributed by atoms with Gasteiger partial charge in [-0.05, 0) is 76.9 Å². The first-order valence-corrected chi connectivity index (χ1v) is 8.99. The van der Waals surface area contributed by atoms with Gasteiger partial charge < -0.3 is 9.73 Å². The molecule has 0 fully saturated rings. The molecule has 8 heteroatoms. The number of hydrazone groups is 1. The number of carbonyl (C=O) groups is 2. The SMILES string of the molecule is C/C(=N\NC(=O)c1ccc(Br)o1)c1cccc(NC(=O)c2ccc(F)cc2)c1. The number of amides is 2. The van der Waals surface area contributed by atoms with Crippen LogP contribution in [0.3, 0.4) is 0 Å². The van der Waals surface area contributed by atoms with Gasteiger partial charge in [0.25, 0.3) is 5.91 Å². The Morgan fingerprint density at radius 3 is 2.43 bits per heavy atom. The van der Waals surface area contributed by atoms with Crippen LogP contribution >= 0.6 is 15.9 Å². The van der Waals surface area contributed by atoms with Gasteiger partial charge in [-0.2, -0.15) is 5.10 Å². The molecule has 1 heterocycles. The Kier molecular flexibility index (Phi) is 6.00. The Morgan fingerprint density at radius 1 is 1.00 bits per heavy atom. The van der Waals surface area contributed by atoms with E-state index < -0.39 is 11.7 Å². The number of nitrogens with zero attached hydrogens (tertiary/aromatic N) is 1. The summed E-state index contributed by atoms with van der Waals surface area (Å²) in [5.41, 5.74) is 4.54. The molecule has 0 saturated carbocycles. The van der Waals surface area contributed by atoms with Crippen molar-refractivity contribution in [3.63, 3.8) is 0 Å². The minimum atomic E-state index is -0.481. The molecule has 2 N–H and O–H groups in total. The summed E-state index contributed by atoms with van der Waals surface area (Å²) in [6.07, 6.45) is 0. The third-order valence-electron chi connectivity index (χ3n) is 3.77. The van der Waals surface area contributed by atoms with Gasteiger partial charge in [-0.15, -0.1) is 0 Å². The van der Waals surface area contributed by atoms with E-state index in [1.807, 2.05) is 0 Å². The normalized spacial score (nSPS) is 11.2. The van der Waals surface area contributed by atoms with Crippen molar-refractivity contribution in [3.05, 3.63) is 88.0 Å². The predicted octanol–water partition coefficient (Wildman–Crippen LogP) is 4.59. The molecule has 1 aromatic heterocycles. The van der Waals surface area contributed by atoms with Crippen molar-refractivity contribution in [3.8, 4) is 0 Å². The standard InChI is InChI=1S/C20H15BrFN3O3/c1-12(24-25-20(27)17-9-10-18(21)28-17)14-3-2-4-16(11-14)23-19(26)13-5-7-15(22)8-6-13/h2-11H,1H3,(H,23,26)(H,25,27)/b24-12+. The first-order valence-electron chi connectivity index (χ1n) is 8.20. The van der Waals surface area contributed by atoms with Crippen LogP contribution in [0.4, 0.5) is 10.1 Å².